The molecule has 0 saturated heterocycles. The van der Waals surface area contributed by atoms with Gasteiger partial charge in [-0.3, -0.25) is 0 Å². The summed E-state index contributed by atoms with van der Waals surface area (Å²) in [6, 6.07) is 0. The average molecular weight is 134 g/mol. The zero-order valence-corrected chi connectivity index (χ0v) is 6.34. The minimum Gasteiger partial charge on any atom is -0.0991 e. The lowest BCUT2D eigenvalue weighted by atomic mass is 9.99. The molecule has 0 heteroatoms. The van der Waals surface area contributed by atoms with Crippen LogP contribution in [0.2, 0.25) is 0 Å². The number of allylic oxidation sites excluding steroid dienone is 5. The predicted molar refractivity (Wildman–Crippen MR) is 45.9 cm³/mol. The Balaban J connectivity index is 2.45. The van der Waals surface area contributed by atoms with E-state index in [0.29, 0.717) is 0 Å². The Morgan fingerprint density at radius 3 is 2.90 bits per heavy atom. The van der Waals surface area contributed by atoms with Crippen molar-refractivity contribution in [2.75, 3.05) is 0 Å². The van der Waals surface area contributed by atoms with Crippen molar-refractivity contribution < 1.29 is 0 Å². The van der Waals surface area contributed by atoms with Crippen LogP contribution in [-0.2, 0) is 0 Å². The Hall–Kier alpha value is -0.780. The van der Waals surface area contributed by atoms with Gasteiger partial charge in [-0.25, -0.2) is 0 Å². The molecule has 0 aromatic rings. The fraction of sp³-hybridized carbons (Fsp3) is 0.400. The van der Waals surface area contributed by atoms with Gasteiger partial charge in [0.25, 0.3) is 0 Å². The molecule has 0 bridgehead atoms. The highest BCUT2D eigenvalue weighted by Crippen LogP contribution is 2.17. The van der Waals surface area contributed by atoms with E-state index in [2.05, 4.69) is 18.7 Å². The molecule has 0 heterocycles. The summed E-state index contributed by atoms with van der Waals surface area (Å²) >= 11 is 0. The molecule has 1 aliphatic carbocycles. The summed E-state index contributed by atoms with van der Waals surface area (Å²) in [5.41, 5.74) is 1.48. The largest absolute Gasteiger partial charge is 0.0991 e. The summed E-state index contributed by atoms with van der Waals surface area (Å²) in [6.45, 7) is 3.63. The van der Waals surface area contributed by atoms with Gasteiger partial charge in [0.15, 0.2) is 0 Å². The van der Waals surface area contributed by atoms with Crippen LogP contribution in [0.5, 0.6) is 0 Å². The summed E-state index contributed by atoms with van der Waals surface area (Å²) in [5.74, 6) is 0. The molecule has 0 aromatic carbocycles. The number of hydrogen-bond donors (Lipinski definition) is 0. The van der Waals surface area contributed by atoms with Crippen LogP contribution in [0.4, 0.5) is 0 Å². The zero-order chi connectivity index (χ0) is 7.23. The maximum absolute atomic E-state index is 3.63. The summed E-state index contributed by atoms with van der Waals surface area (Å²) in [4.78, 5) is 0. The molecule has 0 saturated carbocycles. The van der Waals surface area contributed by atoms with E-state index < -0.39 is 0 Å². The molecule has 0 N–H and O–H groups in total. The number of rotatable bonds is 2. The van der Waals surface area contributed by atoms with Crippen molar-refractivity contribution in [3.05, 3.63) is 36.5 Å². The van der Waals surface area contributed by atoms with Gasteiger partial charge in [0, 0.05) is 0 Å². The van der Waals surface area contributed by atoms with Crippen molar-refractivity contribution in [2.45, 2.75) is 25.7 Å². The third-order valence-corrected chi connectivity index (χ3v) is 1.77. The molecule has 0 aromatic heterocycles. The van der Waals surface area contributed by atoms with E-state index in [1.165, 1.54) is 31.3 Å². The van der Waals surface area contributed by atoms with Crippen molar-refractivity contribution >= 4 is 0 Å². The summed E-state index contributed by atoms with van der Waals surface area (Å²) < 4.78 is 0. The molecule has 1 rings (SSSR count). The van der Waals surface area contributed by atoms with Crippen LogP contribution in [0.15, 0.2) is 36.5 Å². The molecule has 0 nitrogen and oxygen atoms in total. The van der Waals surface area contributed by atoms with Crippen LogP contribution in [0.25, 0.3) is 0 Å². The van der Waals surface area contributed by atoms with E-state index >= 15 is 0 Å². The smallest absolute Gasteiger partial charge is 0.0282 e. The molecule has 0 unspecified atom stereocenters. The number of hydrogen-bond acceptors (Lipinski definition) is 0. The highest BCUT2D eigenvalue weighted by molar-refractivity contribution is 5.22. The standard InChI is InChI=1S/C10H14/c1-2-3-7-10-8-5-4-6-9-10/h2-3,7-8H,1,4-6,9H2/b7-3-. The molecule has 1 aliphatic rings. The van der Waals surface area contributed by atoms with E-state index in [9.17, 15) is 0 Å². The van der Waals surface area contributed by atoms with E-state index in [-0.39, 0.29) is 0 Å². The first-order valence-electron chi connectivity index (χ1n) is 3.91. The van der Waals surface area contributed by atoms with E-state index in [4.69, 9.17) is 0 Å². The summed E-state index contributed by atoms with van der Waals surface area (Å²) in [6.07, 6.45) is 13.6. The molecule has 0 spiro atoms. The molecular formula is C10H14. The van der Waals surface area contributed by atoms with Gasteiger partial charge in [-0.2, -0.15) is 0 Å². The van der Waals surface area contributed by atoms with E-state index in [1.54, 1.807) is 0 Å². The van der Waals surface area contributed by atoms with Crippen LogP contribution < -0.4 is 0 Å². The Morgan fingerprint density at radius 1 is 1.40 bits per heavy atom. The first kappa shape index (κ1) is 7.33. The van der Waals surface area contributed by atoms with Gasteiger partial charge in [0.05, 0.1) is 0 Å². The second kappa shape index (κ2) is 4.10. The Morgan fingerprint density at radius 2 is 2.30 bits per heavy atom. The van der Waals surface area contributed by atoms with Crippen LogP contribution >= 0.6 is 0 Å². The highest BCUT2D eigenvalue weighted by Gasteiger charge is 1.97. The van der Waals surface area contributed by atoms with E-state index in [0.717, 1.165) is 0 Å². The van der Waals surface area contributed by atoms with Gasteiger partial charge in [-0.15, -0.1) is 0 Å². The molecule has 0 fully saturated rings. The summed E-state index contributed by atoms with van der Waals surface area (Å²) in [5, 5.41) is 0. The van der Waals surface area contributed by atoms with Crippen LogP contribution in [-0.4, -0.2) is 0 Å². The van der Waals surface area contributed by atoms with Gasteiger partial charge < -0.3 is 0 Å². The average Bonchev–Trinajstić information content (AvgIpc) is 2.03. The van der Waals surface area contributed by atoms with Crippen LogP contribution in [0, 0.1) is 0 Å². The SMILES string of the molecule is C=C/C=C\C1=CCCCC1. The lowest BCUT2D eigenvalue weighted by Gasteiger charge is -2.07. The van der Waals surface area contributed by atoms with Gasteiger partial charge in [-0.1, -0.05) is 36.5 Å². The topological polar surface area (TPSA) is 0 Å². The van der Waals surface area contributed by atoms with Crippen molar-refractivity contribution in [3.8, 4) is 0 Å². The maximum atomic E-state index is 3.63. The molecule has 10 heavy (non-hydrogen) atoms. The molecule has 0 radical (unpaired) electrons. The summed E-state index contributed by atoms with van der Waals surface area (Å²) in [7, 11) is 0. The third-order valence-electron chi connectivity index (χ3n) is 1.77. The van der Waals surface area contributed by atoms with Crippen molar-refractivity contribution in [2.24, 2.45) is 0 Å². The second-order valence-corrected chi connectivity index (χ2v) is 2.62. The Bertz CT molecular complexity index is 158. The highest BCUT2D eigenvalue weighted by atomic mass is 14.0. The van der Waals surface area contributed by atoms with Gasteiger partial charge in [0.2, 0.25) is 0 Å². The van der Waals surface area contributed by atoms with Gasteiger partial charge >= 0.3 is 0 Å². The van der Waals surface area contributed by atoms with Crippen molar-refractivity contribution in [1.82, 2.24) is 0 Å². The zero-order valence-electron chi connectivity index (χ0n) is 6.34. The van der Waals surface area contributed by atoms with Crippen LogP contribution in [0.1, 0.15) is 25.7 Å². The molecule has 0 aliphatic heterocycles. The minimum absolute atomic E-state index is 1.25. The normalized spacial score (nSPS) is 19.0. The predicted octanol–water partition coefficient (Wildman–Crippen LogP) is 3.23. The molecule has 0 amide bonds. The van der Waals surface area contributed by atoms with Crippen LogP contribution in [0.3, 0.4) is 0 Å². The third kappa shape index (κ3) is 2.22. The van der Waals surface area contributed by atoms with Gasteiger partial charge in [-0.05, 0) is 25.7 Å². The quantitative estimate of drug-likeness (QED) is 0.509. The van der Waals surface area contributed by atoms with Crippen molar-refractivity contribution in [1.29, 1.82) is 0 Å². The lowest BCUT2D eigenvalue weighted by molar-refractivity contribution is 0.712. The Labute approximate surface area is 62.9 Å². The molecule has 54 valence electrons. The van der Waals surface area contributed by atoms with Crippen molar-refractivity contribution in [3.63, 3.8) is 0 Å². The molecular weight excluding hydrogens is 120 g/mol. The van der Waals surface area contributed by atoms with Gasteiger partial charge in [0.1, 0.15) is 0 Å². The first-order chi connectivity index (χ1) is 4.93. The monoisotopic (exact) mass is 134 g/mol. The fourth-order valence-corrected chi connectivity index (χ4v) is 1.21. The second-order valence-electron chi connectivity index (χ2n) is 2.62. The maximum Gasteiger partial charge on any atom is -0.0282 e. The fourth-order valence-electron chi connectivity index (χ4n) is 1.21. The Kier molecular flexibility index (Phi) is 3.01. The lowest BCUT2D eigenvalue weighted by Crippen LogP contribution is -1.87. The molecule has 0 atom stereocenters. The first-order valence-corrected chi connectivity index (χ1v) is 3.91. The van der Waals surface area contributed by atoms with E-state index in [1.807, 2.05) is 12.2 Å². The minimum atomic E-state index is 1.25.